The summed E-state index contributed by atoms with van der Waals surface area (Å²) >= 11 is 9.19. The number of allylic oxidation sites excluding steroid dienone is 1. The van der Waals surface area contributed by atoms with E-state index in [-0.39, 0.29) is 5.78 Å². The number of carbonyl (C=O) groups is 1. The van der Waals surface area contributed by atoms with Gasteiger partial charge in [-0.2, -0.15) is 0 Å². The molecule has 1 aliphatic heterocycles. The monoisotopic (exact) mass is 342 g/mol. The summed E-state index contributed by atoms with van der Waals surface area (Å²) in [6.07, 6.45) is 1.89. The van der Waals surface area contributed by atoms with E-state index in [4.69, 9.17) is 11.6 Å². The summed E-state index contributed by atoms with van der Waals surface area (Å²) < 4.78 is 0.583. The summed E-state index contributed by atoms with van der Waals surface area (Å²) in [6.45, 7) is 3.93. The first-order chi connectivity index (χ1) is 9.06. The van der Waals surface area contributed by atoms with Gasteiger partial charge in [-0.1, -0.05) is 11.6 Å². The average molecular weight is 344 g/mol. The number of benzene rings is 1. The number of hydrogen-bond donors (Lipinski definition) is 0. The number of halogens is 2. The van der Waals surface area contributed by atoms with Crippen molar-refractivity contribution in [2.45, 2.75) is 0 Å². The number of hydrogen-bond acceptors (Lipinski definition) is 3. The number of rotatable bonds is 3. The van der Waals surface area contributed by atoms with E-state index in [0.717, 1.165) is 26.2 Å². The molecule has 0 N–H and O–H groups in total. The molecule has 1 aromatic carbocycles. The van der Waals surface area contributed by atoms with E-state index in [2.05, 4.69) is 32.8 Å². The molecule has 0 aromatic heterocycles. The van der Waals surface area contributed by atoms with Gasteiger partial charge in [-0.3, -0.25) is 4.79 Å². The zero-order valence-corrected chi connectivity index (χ0v) is 13.1. The van der Waals surface area contributed by atoms with Gasteiger partial charge >= 0.3 is 0 Å². The molecule has 0 saturated carbocycles. The standard InChI is InChI=1S/C14H16BrClN2O/c1-17-6-8-18(9-7-17)10-13(15)14(19)11-2-4-12(16)5-3-11/h2-5,10H,6-9H2,1H3/b13-10-. The minimum Gasteiger partial charge on any atom is -0.374 e. The number of piperazine rings is 1. The number of carbonyl (C=O) groups excluding carboxylic acids is 1. The molecule has 1 saturated heterocycles. The lowest BCUT2D eigenvalue weighted by Gasteiger charge is -2.31. The summed E-state index contributed by atoms with van der Waals surface area (Å²) in [7, 11) is 2.11. The van der Waals surface area contributed by atoms with Gasteiger partial charge in [0.25, 0.3) is 0 Å². The van der Waals surface area contributed by atoms with Crippen molar-refractivity contribution < 1.29 is 4.79 Å². The molecule has 0 radical (unpaired) electrons. The summed E-state index contributed by atoms with van der Waals surface area (Å²) in [5.41, 5.74) is 0.640. The lowest BCUT2D eigenvalue weighted by Crippen LogP contribution is -2.41. The maximum absolute atomic E-state index is 12.2. The fraction of sp³-hybridized carbons (Fsp3) is 0.357. The number of Topliss-reactive ketones (excluding diaryl/α,β-unsaturated/α-hetero) is 1. The second kappa shape index (κ2) is 6.55. The minimum absolute atomic E-state index is 0.0180. The van der Waals surface area contributed by atoms with Gasteiger partial charge < -0.3 is 9.80 Å². The lowest BCUT2D eigenvalue weighted by molar-refractivity contribution is 0.104. The molecule has 0 amide bonds. The quantitative estimate of drug-likeness (QED) is 0.622. The van der Waals surface area contributed by atoms with Gasteiger partial charge in [0.15, 0.2) is 0 Å². The zero-order chi connectivity index (χ0) is 13.8. The Hall–Kier alpha value is -0.840. The van der Waals surface area contributed by atoms with Crippen LogP contribution in [0.4, 0.5) is 0 Å². The Labute approximate surface area is 127 Å². The average Bonchev–Trinajstić information content (AvgIpc) is 2.41. The number of likely N-dealkylation sites (N-methyl/N-ethyl adjacent to an activating group) is 1. The van der Waals surface area contributed by atoms with Crippen molar-refractivity contribution in [1.29, 1.82) is 0 Å². The van der Waals surface area contributed by atoms with E-state index < -0.39 is 0 Å². The smallest absolute Gasteiger partial charge is 0.201 e. The third kappa shape index (κ3) is 4.06. The predicted molar refractivity (Wildman–Crippen MR) is 81.9 cm³/mol. The highest BCUT2D eigenvalue weighted by atomic mass is 79.9. The molecule has 1 aromatic rings. The van der Waals surface area contributed by atoms with Gasteiger partial charge in [0.2, 0.25) is 5.78 Å². The molecular formula is C14H16BrClN2O. The van der Waals surface area contributed by atoms with Crippen molar-refractivity contribution in [2.75, 3.05) is 33.2 Å². The molecule has 19 heavy (non-hydrogen) atoms. The maximum Gasteiger partial charge on any atom is 0.201 e. The second-order valence-corrected chi connectivity index (χ2v) is 5.94. The Kier molecular flexibility index (Phi) is 5.02. The molecule has 0 atom stereocenters. The first-order valence-electron chi connectivity index (χ1n) is 6.16. The molecule has 1 aliphatic rings. The third-order valence-corrected chi connectivity index (χ3v) is 3.97. The van der Waals surface area contributed by atoms with Gasteiger partial charge in [-0.15, -0.1) is 0 Å². The molecule has 1 fully saturated rings. The Balaban J connectivity index is 2.04. The van der Waals surface area contributed by atoms with Crippen molar-refractivity contribution in [3.63, 3.8) is 0 Å². The molecule has 0 spiro atoms. The van der Waals surface area contributed by atoms with Crippen LogP contribution in [0.25, 0.3) is 0 Å². The van der Waals surface area contributed by atoms with Gasteiger partial charge in [0.05, 0.1) is 4.48 Å². The van der Waals surface area contributed by atoms with E-state index in [1.807, 2.05) is 6.20 Å². The zero-order valence-electron chi connectivity index (χ0n) is 10.8. The Bertz CT molecular complexity index is 479. The molecule has 0 bridgehead atoms. The Morgan fingerprint density at radius 2 is 1.79 bits per heavy atom. The van der Waals surface area contributed by atoms with Gasteiger partial charge in [-0.05, 0) is 47.2 Å². The van der Waals surface area contributed by atoms with Crippen molar-refractivity contribution in [3.05, 3.63) is 45.5 Å². The van der Waals surface area contributed by atoms with Crippen LogP contribution in [-0.2, 0) is 0 Å². The first kappa shape index (κ1) is 14.6. The van der Waals surface area contributed by atoms with Crippen LogP contribution in [0.1, 0.15) is 10.4 Å². The third-order valence-electron chi connectivity index (χ3n) is 3.16. The van der Waals surface area contributed by atoms with E-state index in [9.17, 15) is 4.79 Å². The molecule has 0 unspecified atom stereocenters. The van der Waals surface area contributed by atoms with Gasteiger partial charge in [0, 0.05) is 43.0 Å². The van der Waals surface area contributed by atoms with Crippen LogP contribution >= 0.6 is 27.5 Å². The van der Waals surface area contributed by atoms with Crippen molar-refractivity contribution in [1.82, 2.24) is 9.80 Å². The summed E-state index contributed by atoms with van der Waals surface area (Å²) in [4.78, 5) is 16.6. The van der Waals surface area contributed by atoms with E-state index in [1.165, 1.54) is 0 Å². The Morgan fingerprint density at radius 1 is 1.21 bits per heavy atom. The largest absolute Gasteiger partial charge is 0.374 e. The normalized spacial score (nSPS) is 17.6. The topological polar surface area (TPSA) is 23.6 Å². The van der Waals surface area contributed by atoms with E-state index in [0.29, 0.717) is 15.1 Å². The molecule has 2 rings (SSSR count). The molecule has 0 aliphatic carbocycles. The highest BCUT2D eigenvalue weighted by Crippen LogP contribution is 2.18. The predicted octanol–water partition coefficient (Wildman–Crippen LogP) is 3.01. The molecule has 5 heteroatoms. The lowest BCUT2D eigenvalue weighted by atomic mass is 10.1. The van der Waals surface area contributed by atoms with Crippen LogP contribution < -0.4 is 0 Å². The molecule has 102 valence electrons. The van der Waals surface area contributed by atoms with Gasteiger partial charge in [-0.25, -0.2) is 0 Å². The van der Waals surface area contributed by atoms with Crippen LogP contribution in [0, 0.1) is 0 Å². The van der Waals surface area contributed by atoms with Crippen LogP contribution in [0.5, 0.6) is 0 Å². The van der Waals surface area contributed by atoms with Crippen LogP contribution in [0.2, 0.25) is 5.02 Å². The second-order valence-electron chi connectivity index (χ2n) is 4.65. The highest BCUT2D eigenvalue weighted by molar-refractivity contribution is 9.12. The Morgan fingerprint density at radius 3 is 2.37 bits per heavy atom. The van der Waals surface area contributed by atoms with Crippen LogP contribution in [0.3, 0.4) is 0 Å². The number of ketones is 1. The minimum atomic E-state index is -0.0180. The maximum atomic E-state index is 12.2. The molecular weight excluding hydrogens is 328 g/mol. The first-order valence-corrected chi connectivity index (χ1v) is 7.33. The number of nitrogens with zero attached hydrogens (tertiary/aromatic N) is 2. The van der Waals surface area contributed by atoms with Crippen LogP contribution in [0.15, 0.2) is 34.9 Å². The SMILES string of the molecule is CN1CCN(/C=C(\Br)C(=O)c2ccc(Cl)cc2)CC1. The summed E-state index contributed by atoms with van der Waals surface area (Å²) in [5, 5.41) is 0.635. The van der Waals surface area contributed by atoms with E-state index in [1.54, 1.807) is 24.3 Å². The fourth-order valence-corrected chi connectivity index (χ4v) is 2.55. The molecule has 1 heterocycles. The van der Waals surface area contributed by atoms with Crippen LogP contribution in [-0.4, -0.2) is 48.8 Å². The van der Waals surface area contributed by atoms with Crippen molar-refractivity contribution >= 4 is 33.3 Å². The van der Waals surface area contributed by atoms with Gasteiger partial charge in [0.1, 0.15) is 0 Å². The van der Waals surface area contributed by atoms with E-state index >= 15 is 0 Å². The highest BCUT2D eigenvalue weighted by Gasteiger charge is 2.14. The summed E-state index contributed by atoms with van der Waals surface area (Å²) in [6, 6.07) is 6.93. The summed E-state index contributed by atoms with van der Waals surface area (Å²) in [5.74, 6) is -0.0180. The van der Waals surface area contributed by atoms with Crippen molar-refractivity contribution in [3.8, 4) is 0 Å². The fourth-order valence-electron chi connectivity index (χ4n) is 1.91. The van der Waals surface area contributed by atoms with Crippen molar-refractivity contribution in [2.24, 2.45) is 0 Å². The molecule has 3 nitrogen and oxygen atoms in total.